The van der Waals surface area contributed by atoms with Crippen molar-refractivity contribution in [2.75, 3.05) is 4.43 Å². The SMILES string of the molecule is C#Cc1ccccc1C#CC(CCCI)O[Si](C)(C)C(C)(C)C. The molecule has 0 aliphatic heterocycles. The van der Waals surface area contributed by atoms with Gasteiger partial charge in [-0.05, 0) is 47.5 Å². The molecule has 0 aliphatic carbocycles. The Bertz CT molecular complexity index is 611. The number of rotatable bonds is 5. The minimum atomic E-state index is -1.82. The molecule has 1 aromatic rings. The Kier molecular flexibility index (Phi) is 7.87. The molecule has 1 nitrogen and oxygen atoms in total. The van der Waals surface area contributed by atoms with Gasteiger partial charge in [-0.3, -0.25) is 0 Å². The summed E-state index contributed by atoms with van der Waals surface area (Å²) in [6.07, 6.45) is 7.63. The van der Waals surface area contributed by atoms with Gasteiger partial charge in [-0.1, -0.05) is 73.3 Å². The summed E-state index contributed by atoms with van der Waals surface area (Å²) in [4.78, 5) is 0. The van der Waals surface area contributed by atoms with Gasteiger partial charge in [-0.15, -0.1) is 6.42 Å². The van der Waals surface area contributed by atoms with Crippen LogP contribution < -0.4 is 0 Å². The van der Waals surface area contributed by atoms with Crippen LogP contribution in [0, 0.1) is 24.2 Å². The van der Waals surface area contributed by atoms with Crippen LogP contribution in [0.3, 0.4) is 0 Å². The highest BCUT2D eigenvalue weighted by Gasteiger charge is 2.38. The minimum Gasteiger partial charge on any atom is -0.403 e. The van der Waals surface area contributed by atoms with Crippen LogP contribution in [0.5, 0.6) is 0 Å². The number of alkyl halides is 1. The molecule has 0 radical (unpaired) electrons. The average Bonchev–Trinajstić information content (AvgIpc) is 2.49. The molecule has 0 amide bonds. The molecule has 23 heavy (non-hydrogen) atoms. The highest BCUT2D eigenvalue weighted by Crippen LogP contribution is 2.37. The molecule has 1 unspecified atom stereocenters. The van der Waals surface area contributed by atoms with Crippen molar-refractivity contribution in [3.8, 4) is 24.2 Å². The summed E-state index contributed by atoms with van der Waals surface area (Å²) >= 11 is 2.41. The largest absolute Gasteiger partial charge is 0.403 e. The lowest BCUT2D eigenvalue weighted by atomic mass is 10.1. The van der Waals surface area contributed by atoms with E-state index in [1.807, 2.05) is 24.3 Å². The molecule has 1 rings (SSSR count). The number of hydrogen-bond acceptors (Lipinski definition) is 1. The van der Waals surface area contributed by atoms with Gasteiger partial charge in [-0.25, -0.2) is 0 Å². The van der Waals surface area contributed by atoms with E-state index in [4.69, 9.17) is 10.8 Å². The van der Waals surface area contributed by atoms with E-state index in [0.29, 0.717) is 0 Å². The lowest BCUT2D eigenvalue weighted by molar-refractivity contribution is 0.223. The first-order valence-corrected chi connectivity index (χ1v) is 12.5. The zero-order valence-corrected chi connectivity index (χ0v) is 18.0. The number of halogens is 1. The average molecular weight is 438 g/mol. The Morgan fingerprint density at radius 1 is 1.22 bits per heavy atom. The maximum atomic E-state index is 6.51. The van der Waals surface area contributed by atoms with E-state index in [2.05, 4.69) is 74.2 Å². The van der Waals surface area contributed by atoms with Gasteiger partial charge in [-0.2, -0.15) is 0 Å². The molecule has 0 aliphatic rings. The number of hydrogen-bond donors (Lipinski definition) is 0. The molecule has 0 spiro atoms. The van der Waals surface area contributed by atoms with Gasteiger partial charge in [0, 0.05) is 11.1 Å². The lowest BCUT2D eigenvalue weighted by Gasteiger charge is -2.38. The predicted molar refractivity (Wildman–Crippen MR) is 111 cm³/mol. The summed E-state index contributed by atoms with van der Waals surface area (Å²) in [7, 11) is -1.82. The summed E-state index contributed by atoms with van der Waals surface area (Å²) in [6.45, 7) is 11.3. The van der Waals surface area contributed by atoms with Gasteiger partial charge in [0.05, 0.1) is 0 Å². The van der Waals surface area contributed by atoms with Crippen molar-refractivity contribution in [3.63, 3.8) is 0 Å². The smallest absolute Gasteiger partial charge is 0.193 e. The monoisotopic (exact) mass is 438 g/mol. The molecule has 1 aromatic carbocycles. The fraction of sp³-hybridized carbons (Fsp3) is 0.500. The summed E-state index contributed by atoms with van der Waals surface area (Å²) in [5.74, 6) is 9.29. The van der Waals surface area contributed by atoms with Gasteiger partial charge in [0.25, 0.3) is 0 Å². The highest BCUT2D eigenvalue weighted by molar-refractivity contribution is 14.1. The second-order valence-corrected chi connectivity index (χ2v) is 13.0. The van der Waals surface area contributed by atoms with Crippen LogP contribution in [0.15, 0.2) is 24.3 Å². The zero-order chi connectivity index (χ0) is 17.5. The van der Waals surface area contributed by atoms with Crippen molar-refractivity contribution < 1.29 is 4.43 Å². The van der Waals surface area contributed by atoms with Crippen molar-refractivity contribution in [1.82, 2.24) is 0 Å². The van der Waals surface area contributed by atoms with Crippen LogP contribution in [0.25, 0.3) is 0 Å². The van der Waals surface area contributed by atoms with Crippen LogP contribution in [-0.2, 0) is 4.43 Å². The lowest BCUT2D eigenvalue weighted by Crippen LogP contribution is -2.43. The van der Waals surface area contributed by atoms with Gasteiger partial charge in [0.2, 0.25) is 0 Å². The number of benzene rings is 1. The Labute approximate surface area is 156 Å². The van der Waals surface area contributed by atoms with Crippen LogP contribution in [0.1, 0.15) is 44.7 Å². The third-order valence-corrected chi connectivity index (χ3v) is 9.54. The summed E-state index contributed by atoms with van der Waals surface area (Å²) in [6, 6.07) is 7.82. The van der Waals surface area contributed by atoms with Crippen molar-refractivity contribution in [1.29, 1.82) is 0 Å². The standard InChI is InChI=1S/C20H27IOSi/c1-7-17-11-8-9-12-18(17)14-15-19(13-10-16-21)22-23(5,6)20(2,3)4/h1,8-9,11-12,19H,10,13,16H2,2-6H3. The zero-order valence-electron chi connectivity index (χ0n) is 14.9. The fourth-order valence-corrected chi connectivity index (χ4v) is 3.51. The van der Waals surface area contributed by atoms with Crippen LogP contribution in [-0.4, -0.2) is 18.8 Å². The molecule has 0 saturated carbocycles. The normalized spacial score (nSPS) is 12.9. The molecule has 0 bridgehead atoms. The van der Waals surface area contributed by atoms with Crippen LogP contribution >= 0.6 is 22.6 Å². The quantitative estimate of drug-likeness (QED) is 0.251. The predicted octanol–water partition coefficient (Wildman–Crippen LogP) is 5.63. The van der Waals surface area contributed by atoms with Crippen molar-refractivity contribution in [3.05, 3.63) is 35.4 Å². The first kappa shape index (κ1) is 20.3. The van der Waals surface area contributed by atoms with E-state index in [0.717, 1.165) is 28.4 Å². The Morgan fingerprint density at radius 3 is 2.35 bits per heavy atom. The summed E-state index contributed by atoms with van der Waals surface area (Å²) in [5.41, 5.74) is 1.76. The topological polar surface area (TPSA) is 9.23 Å². The van der Waals surface area contributed by atoms with Crippen molar-refractivity contribution >= 4 is 30.9 Å². The van der Waals surface area contributed by atoms with E-state index in [-0.39, 0.29) is 11.1 Å². The molecular weight excluding hydrogens is 411 g/mol. The number of terminal acetylenes is 1. The Hall–Kier alpha value is -0.753. The fourth-order valence-electron chi connectivity index (χ4n) is 1.83. The second-order valence-electron chi connectivity index (χ2n) is 7.16. The van der Waals surface area contributed by atoms with Crippen molar-refractivity contribution in [2.45, 2.75) is 57.8 Å². The molecule has 0 saturated heterocycles. The van der Waals surface area contributed by atoms with Gasteiger partial charge in [0.15, 0.2) is 8.32 Å². The molecule has 0 aromatic heterocycles. The first-order valence-electron chi connectivity index (χ1n) is 8.02. The maximum absolute atomic E-state index is 6.51. The third kappa shape index (κ3) is 6.34. The second kappa shape index (κ2) is 8.92. The third-order valence-electron chi connectivity index (χ3n) is 4.29. The van der Waals surface area contributed by atoms with Crippen LogP contribution in [0.2, 0.25) is 18.1 Å². The molecule has 0 N–H and O–H groups in total. The highest BCUT2D eigenvalue weighted by atomic mass is 127. The molecule has 0 fully saturated rings. The molecule has 1 atom stereocenters. The molecule has 124 valence electrons. The Morgan fingerprint density at radius 2 is 1.83 bits per heavy atom. The van der Waals surface area contributed by atoms with Gasteiger partial charge in [0.1, 0.15) is 6.10 Å². The van der Waals surface area contributed by atoms with Crippen LogP contribution in [0.4, 0.5) is 0 Å². The van der Waals surface area contributed by atoms with E-state index in [9.17, 15) is 0 Å². The maximum Gasteiger partial charge on any atom is 0.193 e. The molecule has 3 heteroatoms. The summed E-state index contributed by atoms with van der Waals surface area (Å²) in [5, 5.41) is 0.188. The van der Waals surface area contributed by atoms with E-state index in [1.165, 1.54) is 0 Å². The molecule has 0 heterocycles. The molecular formula is C20H27IOSi. The van der Waals surface area contributed by atoms with Crippen molar-refractivity contribution in [2.24, 2.45) is 0 Å². The first-order chi connectivity index (χ1) is 10.7. The summed E-state index contributed by atoms with van der Waals surface area (Å²) < 4.78 is 7.63. The van der Waals surface area contributed by atoms with E-state index in [1.54, 1.807) is 0 Å². The van der Waals surface area contributed by atoms with E-state index >= 15 is 0 Å². The van der Waals surface area contributed by atoms with Gasteiger partial charge >= 0.3 is 0 Å². The Balaban J connectivity index is 3.01. The van der Waals surface area contributed by atoms with E-state index < -0.39 is 8.32 Å². The minimum absolute atomic E-state index is 0.0171. The van der Waals surface area contributed by atoms with Gasteiger partial charge < -0.3 is 4.43 Å².